The van der Waals surface area contributed by atoms with Crippen LogP contribution >= 0.6 is 11.3 Å². The van der Waals surface area contributed by atoms with Crippen molar-refractivity contribution in [2.45, 2.75) is 52.7 Å². The molecule has 1 aliphatic rings. The summed E-state index contributed by atoms with van der Waals surface area (Å²) in [6, 6.07) is 7.01. The van der Waals surface area contributed by atoms with Gasteiger partial charge < -0.3 is 24.1 Å². The van der Waals surface area contributed by atoms with Crippen LogP contribution in [0.2, 0.25) is 0 Å². The maximum atomic E-state index is 15.2. The van der Waals surface area contributed by atoms with E-state index < -0.39 is 24.1 Å². The summed E-state index contributed by atoms with van der Waals surface area (Å²) >= 11 is 1.41. The molecule has 45 heavy (non-hydrogen) atoms. The number of nitrogens with zero attached hydrogens (tertiary/aromatic N) is 3. The van der Waals surface area contributed by atoms with E-state index in [0.29, 0.717) is 41.6 Å². The molecule has 1 heterocycles. The van der Waals surface area contributed by atoms with Gasteiger partial charge in [-0.15, -0.1) is 11.3 Å². The molecule has 4 rings (SSSR count). The molecule has 2 aromatic carbocycles. The molecule has 1 aliphatic carbocycles. The van der Waals surface area contributed by atoms with Crippen LogP contribution in [0.3, 0.4) is 0 Å². The summed E-state index contributed by atoms with van der Waals surface area (Å²) in [5.74, 6) is 0.261. The van der Waals surface area contributed by atoms with Crippen LogP contribution in [0.25, 0.3) is 20.8 Å². The Hall–Kier alpha value is -4.55. The van der Waals surface area contributed by atoms with Crippen molar-refractivity contribution in [2.24, 2.45) is 9.98 Å². The smallest absolute Gasteiger partial charge is 0.412 e. The van der Waals surface area contributed by atoms with Gasteiger partial charge >= 0.3 is 6.09 Å². The first-order valence-corrected chi connectivity index (χ1v) is 15.3. The van der Waals surface area contributed by atoms with Crippen LogP contribution in [0, 0.1) is 19.7 Å². The number of aliphatic imine (C=N–C) groups is 2. The number of aryl methyl sites for hydroxylation is 2. The van der Waals surface area contributed by atoms with E-state index in [1.54, 1.807) is 19.2 Å². The van der Waals surface area contributed by atoms with E-state index in [0.717, 1.165) is 27.1 Å². The van der Waals surface area contributed by atoms with E-state index in [-0.39, 0.29) is 24.7 Å². The van der Waals surface area contributed by atoms with E-state index >= 15 is 4.39 Å². The number of alkyl carbamates (subject to hydrolysis) is 1. The van der Waals surface area contributed by atoms with Crippen LogP contribution in [0.1, 0.15) is 37.8 Å². The van der Waals surface area contributed by atoms with E-state index in [2.05, 4.69) is 28.5 Å². The fourth-order valence-corrected chi connectivity index (χ4v) is 5.47. The second-order valence-electron chi connectivity index (χ2n) is 10.2. The van der Waals surface area contributed by atoms with E-state index in [1.807, 2.05) is 32.9 Å². The number of carbonyl (C=O) groups excluding carboxylic acids is 1. The van der Waals surface area contributed by atoms with Crippen molar-refractivity contribution >= 4 is 45.4 Å². The van der Waals surface area contributed by atoms with Gasteiger partial charge in [0.25, 0.3) is 0 Å². The van der Waals surface area contributed by atoms with Crippen LogP contribution in [0.5, 0.6) is 5.75 Å². The van der Waals surface area contributed by atoms with E-state index in [1.165, 1.54) is 29.7 Å². The zero-order valence-electron chi connectivity index (χ0n) is 25.8. The van der Waals surface area contributed by atoms with Crippen molar-refractivity contribution in [3.05, 3.63) is 78.1 Å². The molecule has 1 fully saturated rings. The second kappa shape index (κ2) is 15.4. The number of nitrogens with one attached hydrogen (secondary N) is 1. The normalized spacial score (nSPS) is 16.8. The topological polar surface area (TPSA) is 124 Å². The van der Waals surface area contributed by atoms with Gasteiger partial charge in [-0.25, -0.2) is 19.2 Å². The van der Waals surface area contributed by atoms with E-state index in [4.69, 9.17) is 29.0 Å². The minimum atomic E-state index is -0.719. The van der Waals surface area contributed by atoms with Crippen molar-refractivity contribution in [1.82, 2.24) is 10.3 Å². The molecule has 1 amide bonds. The summed E-state index contributed by atoms with van der Waals surface area (Å²) in [5.41, 5.74) is 4.35. The number of hydrogen-bond acceptors (Lipinski definition) is 10. The van der Waals surface area contributed by atoms with Crippen LogP contribution in [-0.2, 0) is 14.2 Å². The molecular weight excluding hydrogens is 599 g/mol. The molecule has 1 aromatic heterocycles. The number of halogens is 1. The number of rotatable bonds is 13. The minimum absolute atomic E-state index is 0.0578. The molecule has 238 valence electrons. The Labute approximate surface area is 265 Å². The highest BCUT2D eigenvalue weighted by atomic mass is 32.1. The van der Waals surface area contributed by atoms with Crippen molar-refractivity contribution in [2.75, 3.05) is 19.8 Å². The molecule has 0 spiro atoms. The van der Waals surface area contributed by atoms with Gasteiger partial charge in [0.1, 0.15) is 29.6 Å². The molecule has 2 atom stereocenters. The zero-order chi connectivity index (χ0) is 32.5. The first-order valence-electron chi connectivity index (χ1n) is 14.4. The fraction of sp³-hybridized carbons (Fsp3) is 0.333. The summed E-state index contributed by atoms with van der Waals surface area (Å²) in [7, 11) is 0. The molecule has 12 heteroatoms. The number of aliphatic hydroxyl groups excluding tert-OH is 1. The average molecular weight is 637 g/mol. The maximum Gasteiger partial charge on any atom is 0.412 e. The lowest BCUT2D eigenvalue weighted by molar-refractivity contribution is -0.0465. The largest absolute Gasteiger partial charge is 0.493 e. The Morgan fingerprint density at radius 2 is 2.00 bits per heavy atom. The number of hydrogen-bond donors (Lipinski definition) is 2. The summed E-state index contributed by atoms with van der Waals surface area (Å²) < 4.78 is 38.0. The number of benzene rings is 2. The highest BCUT2D eigenvalue weighted by Crippen LogP contribution is 2.40. The number of aromatic nitrogens is 1. The minimum Gasteiger partial charge on any atom is -0.493 e. The number of fused-ring (bicyclic) bond motifs is 1. The Kier molecular flexibility index (Phi) is 11.4. The predicted molar refractivity (Wildman–Crippen MR) is 175 cm³/mol. The molecule has 1 saturated carbocycles. The fourth-order valence-electron chi connectivity index (χ4n) is 4.47. The summed E-state index contributed by atoms with van der Waals surface area (Å²) in [6.07, 6.45) is 3.70. The molecule has 2 unspecified atom stereocenters. The first-order chi connectivity index (χ1) is 21.6. The third-order valence-electron chi connectivity index (χ3n) is 6.73. The Morgan fingerprint density at radius 1 is 1.22 bits per heavy atom. The van der Waals surface area contributed by atoms with Crippen LogP contribution < -0.4 is 10.1 Å². The number of thiazole rings is 1. The molecule has 0 aliphatic heterocycles. The maximum absolute atomic E-state index is 15.2. The molecule has 2 N–H and O–H groups in total. The molecular formula is C33H37FN4O6S. The SMILES string of the molecule is C=C/C(=C\N=C(C)OCCO)NC(=O)OC1CCC1Oc1cc2sc(-c3cc(C)cc(C)c3N=CC(=C)OCC)nc2cc1F. The third-order valence-corrected chi connectivity index (χ3v) is 7.78. The highest BCUT2D eigenvalue weighted by Gasteiger charge is 2.37. The standard InChI is InChI=1S/C33H37FN4O6S/c1-7-23(18-35-22(6)42-12-11-39)37-33(40)44-28-10-9-27(28)43-29-16-30-26(15-25(29)34)38-32(45-30)24-14-19(3)13-20(4)31(24)36-17-21(5)41-8-2/h7,13-18,27-28,39H,1,5,8-12H2,2-4,6H3,(H,37,40)/b23-18+,35-22?,36-17?. The lowest BCUT2D eigenvalue weighted by atomic mass is 9.92. The van der Waals surface area contributed by atoms with E-state index in [9.17, 15) is 4.79 Å². The first kappa shape index (κ1) is 33.3. The summed E-state index contributed by atoms with van der Waals surface area (Å²) in [5, 5.41) is 12.1. The van der Waals surface area contributed by atoms with Gasteiger partial charge in [0, 0.05) is 24.6 Å². The number of carbonyl (C=O) groups is 1. The van der Waals surface area contributed by atoms with Gasteiger partial charge in [0.15, 0.2) is 17.5 Å². The molecule has 10 nitrogen and oxygen atoms in total. The Morgan fingerprint density at radius 3 is 2.69 bits per heavy atom. The van der Waals surface area contributed by atoms with Crippen molar-refractivity contribution in [1.29, 1.82) is 0 Å². The quantitative estimate of drug-likeness (QED) is 0.0891. The van der Waals surface area contributed by atoms with Gasteiger partial charge in [-0.2, -0.15) is 0 Å². The monoisotopic (exact) mass is 636 g/mol. The third kappa shape index (κ3) is 8.77. The Bertz CT molecular complexity index is 1660. The Balaban J connectivity index is 1.47. The molecule has 0 saturated heterocycles. The second-order valence-corrected chi connectivity index (χ2v) is 11.2. The van der Waals surface area contributed by atoms with Crippen LogP contribution in [0.15, 0.2) is 71.1 Å². The van der Waals surface area contributed by atoms with Crippen molar-refractivity contribution in [3.8, 4) is 16.3 Å². The van der Waals surface area contributed by atoms with Gasteiger partial charge in [0.2, 0.25) is 0 Å². The lowest BCUT2D eigenvalue weighted by Crippen LogP contribution is -2.46. The highest BCUT2D eigenvalue weighted by molar-refractivity contribution is 7.21. The van der Waals surface area contributed by atoms with Gasteiger partial charge in [-0.05, 0) is 51.3 Å². The molecule has 3 aromatic rings. The van der Waals surface area contributed by atoms with Gasteiger partial charge in [-0.1, -0.05) is 24.8 Å². The molecule has 0 radical (unpaired) electrons. The molecule has 0 bridgehead atoms. The van der Waals surface area contributed by atoms with Crippen LogP contribution in [-0.4, -0.2) is 60.3 Å². The average Bonchev–Trinajstić information content (AvgIpc) is 3.40. The summed E-state index contributed by atoms with van der Waals surface area (Å²) in [4.78, 5) is 25.9. The zero-order valence-corrected chi connectivity index (χ0v) is 26.6. The summed E-state index contributed by atoms with van der Waals surface area (Å²) in [6.45, 7) is 15.4. The van der Waals surface area contributed by atoms with Crippen molar-refractivity contribution < 1.29 is 33.2 Å². The lowest BCUT2D eigenvalue weighted by Gasteiger charge is -2.35. The van der Waals surface area contributed by atoms with Crippen LogP contribution in [0.4, 0.5) is 14.9 Å². The predicted octanol–water partition coefficient (Wildman–Crippen LogP) is 7.06. The van der Waals surface area contributed by atoms with Gasteiger partial charge in [0.05, 0.1) is 47.2 Å². The van der Waals surface area contributed by atoms with Gasteiger partial charge in [-0.3, -0.25) is 10.3 Å². The number of allylic oxidation sites excluding steroid dienone is 2. The number of aliphatic hydroxyl groups is 1. The van der Waals surface area contributed by atoms with Crippen molar-refractivity contribution in [3.63, 3.8) is 0 Å². The number of amides is 1. The number of ether oxygens (including phenoxy) is 4.